The largest absolute Gasteiger partial charge is 0.336 e. The average Bonchev–Trinajstić information content (AvgIpc) is 2.91. The van der Waals surface area contributed by atoms with Crippen LogP contribution in [0, 0.1) is 5.92 Å². The summed E-state index contributed by atoms with van der Waals surface area (Å²) in [6.45, 7) is 14.6. The van der Waals surface area contributed by atoms with Crippen molar-refractivity contribution in [2.75, 3.05) is 39.3 Å². The molecule has 0 radical (unpaired) electrons. The summed E-state index contributed by atoms with van der Waals surface area (Å²) >= 11 is 0. The molecule has 0 atom stereocenters. The molecule has 5 nitrogen and oxygen atoms in total. The zero-order valence-electron chi connectivity index (χ0n) is 13.4. The highest BCUT2D eigenvalue weighted by molar-refractivity contribution is 5.76. The number of nitrogens with one attached hydrogen (secondary N) is 1. The van der Waals surface area contributed by atoms with E-state index in [1.54, 1.807) is 0 Å². The molecule has 2 rings (SSSR count). The molecule has 0 unspecified atom stereocenters. The lowest BCUT2D eigenvalue weighted by molar-refractivity contribution is -0.0979. The van der Waals surface area contributed by atoms with Gasteiger partial charge in [0.2, 0.25) is 0 Å². The minimum absolute atomic E-state index is 0.118. The fourth-order valence-electron chi connectivity index (χ4n) is 2.50. The molecular weight excluding hydrogens is 254 g/mol. The first kappa shape index (κ1) is 18.9. The van der Waals surface area contributed by atoms with Crippen LogP contribution in [0.25, 0.3) is 0 Å². The first-order valence-corrected chi connectivity index (χ1v) is 7.79. The van der Waals surface area contributed by atoms with Gasteiger partial charge in [-0.2, -0.15) is 0 Å². The molecule has 0 spiro atoms. The number of hydrogen-bond acceptors (Lipinski definition) is 3. The summed E-state index contributed by atoms with van der Waals surface area (Å²) in [4.78, 5) is 23.8. The Bertz CT molecular complexity index is 254. The van der Waals surface area contributed by atoms with Crippen LogP contribution in [-0.2, 0) is 4.79 Å². The van der Waals surface area contributed by atoms with Crippen LogP contribution in [0.1, 0.15) is 40.0 Å². The molecule has 0 aromatic heterocycles. The second kappa shape index (κ2) is 11.7. The van der Waals surface area contributed by atoms with Gasteiger partial charge in [-0.25, -0.2) is 4.79 Å². The Hall–Kier alpha value is -1.10. The van der Waals surface area contributed by atoms with Crippen molar-refractivity contribution >= 4 is 12.8 Å². The van der Waals surface area contributed by atoms with Gasteiger partial charge in [0.1, 0.15) is 6.79 Å². The summed E-state index contributed by atoms with van der Waals surface area (Å²) in [5.41, 5.74) is 0. The average molecular weight is 285 g/mol. The number of piperidine rings is 1. The molecule has 5 heteroatoms. The van der Waals surface area contributed by atoms with Crippen LogP contribution in [0.15, 0.2) is 0 Å². The highest BCUT2D eigenvalue weighted by atomic mass is 16.2. The molecule has 2 aliphatic heterocycles. The van der Waals surface area contributed by atoms with Crippen molar-refractivity contribution in [3.05, 3.63) is 0 Å². The topological polar surface area (TPSA) is 52.7 Å². The summed E-state index contributed by atoms with van der Waals surface area (Å²) in [5.74, 6) is 0.903. The van der Waals surface area contributed by atoms with E-state index in [0.29, 0.717) is 0 Å². The normalized spacial score (nSPS) is 19.6. The molecule has 2 heterocycles. The predicted molar refractivity (Wildman–Crippen MR) is 82.9 cm³/mol. The second-order valence-electron chi connectivity index (χ2n) is 5.10. The van der Waals surface area contributed by atoms with E-state index in [-0.39, 0.29) is 6.03 Å². The van der Waals surface area contributed by atoms with E-state index in [1.165, 1.54) is 25.9 Å². The molecule has 0 bridgehead atoms. The number of likely N-dealkylation sites (tertiary alicyclic amines) is 1. The van der Waals surface area contributed by atoms with Crippen molar-refractivity contribution in [1.82, 2.24) is 15.1 Å². The number of nitrogens with zero attached hydrogens (tertiary/aromatic N) is 2. The summed E-state index contributed by atoms with van der Waals surface area (Å²) in [6.07, 6.45) is 3.79. The summed E-state index contributed by atoms with van der Waals surface area (Å²) < 4.78 is 0. The summed E-state index contributed by atoms with van der Waals surface area (Å²) in [7, 11) is 0. The number of carbonyl (C=O) groups is 2. The van der Waals surface area contributed by atoms with Crippen molar-refractivity contribution in [3.8, 4) is 0 Å². The van der Waals surface area contributed by atoms with Crippen LogP contribution in [0.4, 0.5) is 4.79 Å². The van der Waals surface area contributed by atoms with E-state index in [4.69, 9.17) is 4.79 Å². The zero-order chi connectivity index (χ0) is 15.4. The van der Waals surface area contributed by atoms with E-state index < -0.39 is 0 Å². The van der Waals surface area contributed by atoms with Gasteiger partial charge in [-0.05, 0) is 44.8 Å². The van der Waals surface area contributed by atoms with Crippen LogP contribution in [0.2, 0.25) is 0 Å². The fourth-order valence-corrected chi connectivity index (χ4v) is 2.50. The van der Waals surface area contributed by atoms with Gasteiger partial charge in [-0.3, -0.25) is 0 Å². The fraction of sp³-hybridized carbons (Fsp3) is 0.867. The summed E-state index contributed by atoms with van der Waals surface area (Å²) in [6, 6.07) is 0.118. The predicted octanol–water partition coefficient (Wildman–Crippen LogP) is 1.97. The van der Waals surface area contributed by atoms with Crippen molar-refractivity contribution in [1.29, 1.82) is 0 Å². The van der Waals surface area contributed by atoms with Crippen LogP contribution >= 0.6 is 0 Å². The van der Waals surface area contributed by atoms with Crippen molar-refractivity contribution < 1.29 is 9.59 Å². The third kappa shape index (κ3) is 6.89. The first-order valence-electron chi connectivity index (χ1n) is 7.79. The Labute approximate surface area is 123 Å². The molecular formula is C15H31N3O2. The highest BCUT2D eigenvalue weighted by Gasteiger charge is 2.19. The minimum atomic E-state index is 0.118. The molecule has 1 N–H and O–H groups in total. The lowest BCUT2D eigenvalue weighted by Crippen LogP contribution is -2.36. The van der Waals surface area contributed by atoms with E-state index in [9.17, 15) is 4.79 Å². The van der Waals surface area contributed by atoms with Crippen molar-refractivity contribution in [2.45, 2.75) is 40.0 Å². The van der Waals surface area contributed by atoms with Crippen molar-refractivity contribution in [3.63, 3.8) is 0 Å². The lowest BCUT2D eigenvalue weighted by Gasteiger charge is -2.30. The third-order valence-corrected chi connectivity index (χ3v) is 3.72. The Morgan fingerprint density at radius 2 is 1.75 bits per heavy atom. The number of urea groups is 1. The number of rotatable bonds is 4. The van der Waals surface area contributed by atoms with Crippen LogP contribution in [0.5, 0.6) is 0 Å². The Balaban J connectivity index is 0.000000829. The molecule has 2 amide bonds. The molecule has 2 saturated heterocycles. The van der Waals surface area contributed by atoms with Gasteiger partial charge in [0, 0.05) is 19.6 Å². The van der Waals surface area contributed by atoms with Crippen LogP contribution < -0.4 is 5.32 Å². The van der Waals surface area contributed by atoms with Crippen LogP contribution in [-0.4, -0.2) is 61.9 Å². The standard InChI is InChI=1S/C12H23N3O.C2H6.CH2O/c1-11-3-8-14(9-4-11)6-2-7-15-10-5-13-12(15)16;2*1-2/h11H,2-10H2,1H3,(H,13,16);1-2H3;1H2. The van der Waals surface area contributed by atoms with Gasteiger partial charge >= 0.3 is 6.03 Å². The smallest absolute Gasteiger partial charge is 0.317 e. The van der Waals surface area contributed by atoms with E-state index in [2.05, 4.69) is 17.1 Å². The third-order valence-electron chi connectivity index (χ3n) is 3.72. The van der Waals surface area contributed by atoms with Gasteiger partial charge in [-0.1, -0.05) is 20.8 Å². The Morgan fingerprint density at radius 1 is 1.15 bits per heavy atom. The highest BCUT2D eigenvalue weighted by Crippen LogP contribution is 2.15. The van der Waals surface area contributed by atoms with Crippen LogP contribution in [0.3, 0.4) is 0 Å². The maximum atomic E-state index is 11.3. The zero-order valence-corrected chi connectivity index (χ0v) is 13.4. The van der Waals surface area contributed by atoms with E-state index in [0.717, 1.165) is 38.5 Å². The lowest BCUT2D eigenvalue weighted by atomic mass is 9.99. The van der Waals surface area contributed by atoms with Gasteiger partial charge in [0.15, 0.2) is 0 Å². The monoisotopic (exact) mass is 285 g/mol. The molecule has 118 valence electrons. The molecule has 0 aromatic rings. The van der Waals surface area contributed by atoms with Gasteiger partial charge < -0.3 is 19.9 Å². The Kier molecular flexibility index (Phi) is 11.1. The SMILES string of the molecule is C=O.CC.CC1CCN(CCCN2CCNC2=O)CC1. The number of carbonyl (C=O) groups excluding carboxylic acids is 2. The van der Waals surface area contributed by atoms with Gasteiger partial charge in [0.05, 0.1) is 0 Å². The Morgan fingerprint density at radius 3 is 2.25 bits per heavy atom. The molecule has 0 aliphatic carbocycles. The molecule has 20 heavy (non-hydrogen) atoms. The maximum absolute atomic E-state index is 11.3. The van der Waals surface area contributed by atoms with Gasteiger partial charge in [0.25, 0.3) is 0 Å². The molecule has 2 fully saturated rings. The van der Waals surface area contributed by atoms with Crippen molar-refractivity contribution in [2.24, 2.45) is 5.92 Å². The quantitative estimate of drug-likeness (QED) is 0.859. The van der Waals surface area contributed by atoms with E-state index >= 15 is 0 Å². The van der Waals surface area contributed by atoms with E-state index in [1.807, 2.05) is 25.5 Å². The molecule has 0 saturated carbocycles. The summed E-state index contributed by atoms with van der Waals surface area (Å²) in [5, 5.41) is 2.84. The number of amides is 2. The number of hydrogen-bond donors (Lipinski definition) is 1. The first-order chi connectivity index (χ1) is 9.75. The van der Waals surface area contributed by atoms with Gasteiger partial charge in [-0.15, -0.1) is 0 Å². The maximum Gasteiger partial charge on any atom is 0.317 e. The molecule has 2 aliphatic rings. The second-order valence-corrected chi connectivity index (χ2v) is 5.10. The molecule has 0 aromatic carbocycles. The minimum Gasteiger partial charge on any atom is -0.336 e.